The zero-order valence-corrected chi connectivity index (χ0v) is 14.0. The summed E-state index contributed by atoms with van der Waals surface area (Å²) >= 11 is 0. The van der Waals surface area contributed by atoms with Crippen LogP contribution in [0.4, 0.5) is 4.39 Å². The standard InChI is InChI=1S/C17H20FN5O2/c1-11(19-2)9-22-16(24)14-15(21-8-7-20-14)17(25)23-10-12-3-5-13(18)6-4-12/h3-8,11,19H,9-10H2,1-2H3,(H,22,24)(H,23,25). The first kappa shape index (κ1) is 18.5. The predicted molar refractivity (Wildman–Crippen MR) is 90.5 cm³/mol. The van der Waals surface area contributed by atoms with Gasteiger partial charge in [-0.3, -0.25) is 9.59 Å². The van der Waals surface area contributed by atoms with E-state index in [-0.39, 0.29) is 29.8 Å². The Morgan fingerprint density at radius 2 is 1.60 bits per heavy atom. The van der Waals surface area contributed by atoms with Crippen molar-refractivity contribution in [2.45, 2.75) is 19.5 Å². The number of likely N-dealkylation sites (N-methyl/N-ethyl adjacent to an activating group) is 1. The second-order valence-electron chi connectivity index (χ2n) is 5.46. The highest BCUT2D eigenvalue weighted by Crippen LogP contribution is 2.05. The molecule has 1 aromatic carbocycles. The summed E-state index contributed by atoms with van der Waals surface area (Å²) in [5.41, 5.74) is 0.633. The van der Waals surface area contributed by atoms with Crippen LogP contribution in [0.5, 0.6) is 0 Å². The van der Waals surface area contributed by atoms with Crippen LogP contribution in [-0.4, -0.2) is 41.4 Å². The molecule has 7 nitrogen and oxygen atoms in total. The lowest BCUT2D eigenvalue weighted by atomic mass is 10.2. The first-order chi connectivity index (χ1) is 12.0. The van der Waals surface area contributed by atoms with Crippen molar-refractivity contribution >= 4 is 11.8 Å². The fraction of sp³-hybridized carbons (Fsp3) is 0.294. The van der Waals surface area contributed by atoms with Gasteiger partial charge in [-0.1, -0.05) is 12.1 Å². The summed E-state index contributed by atoms with van der Waals surface area (Å²) in [6.07, 6.45) is 2.70. The Hall–Kier alpha value is -2.87. The molecule has 0 radical (unpaired) electrons. The van der Waals surface area contributed by atoms with Gasteiger partial charge < -0.3 is 16.0 Å². The van der Waals surface area contributed by atoms with E-state index in [2.05, 4.69) is 25.9 Å². The Bertz CT molecular complexity index is 736. The van der Waals surface area contributed by atoms with E-state index in [1.165, 1.54) is 24.5 Å². The van der Waals surface area contributed by atoms with Gasteiger partial charge in [-0.15, -0.1) is 0 Å². The third-order valence-electron chi connectivity index (χ3n) is 3.56. The molecular weight excluding hydrogens is 325 g/mol. The van der Waals surface area contributed by atoms with Gasteiger partial charge in [0.25, 0.3) is 11.8 Å². The molecule has 0 fully saturated rings. The maximum absolute atomic E-state index is 12.9. The maximum atomic E-state index is 12.9. The van der Waals surface area contributed by atoms with Gasteiger partial charge in [0.1, 0.15) is 5.82 Å². The number of aromatic nitrogens is 2. The zero-order chi connectivity index (χ0) is 18.2. The summed E-state index contributed by atoms with van der Waals surface area (Å²) in [6, 6.07) is 5.84. The van der Waals surface area contributed by atoms with Crippen molar-refractivity contribution in [3.05, 3.63) is 59.4 Å². The van der Waals surface area contributed by atoms with E-state index < -0.39 is 11.8 Å². The summed E-state index contributed by atoms with van der Waals surface area (Å²) < 4.78 is 12.9. The molecule has 25 heavy (non-hydrogen) atoms. The molecule has 1 unspecified atom stereocenters. The number of hydrogen-bond acceptors (Lipinski definition) is 5. The third kappa shape index (κ3) is 5.32. The smallest absolute Gasteiger partial charge is 0.272 e. The van der Waals surface area contributed by atoms with Gasteiger partial charge in [0.05, 0.1) is 0 Å². The van der Waals surface area contributed by atoms with Crippen molar-refractivity contribution in [2.24, 2.45) is 0 Å². The van der Waals surface area contributed by atoms with E-state index in [1.807, 2.05) is 6.92 Å². The minimum absolute atomic E-state index is 0.0394. The Balaban J connectivity index is 2.04. The second-order valence-corrected chi connectivity index (χ2v) is 5.46. The number of nitrogens with zero attached hydrogens (tertiary/aromatic N) is 2. The molecule has 2 aromatic rings. The summed E-state index contributed by atoms with van der Waals surface area (Å²) in [5.74, 6) is -1.34. The fourth-order valence-corrected chi connectivity index (χ4v) is 1.97. The van der Waals surface area contributed by atoms with Gasteiger partial charge in [0, 0.05) is 31.5 Å². The van der Waals surface area contributed by atoms with Gasteiger partial charge in [0.2, 0.25) is 0 Å². The normalized spacial score (nSPS) is 11.6. The lowest BCUT2D eigenvalue weighted by Crippen LogP contribution is -2.38. The van der Waals surface area contributed by atoms with Crippen LogP contribution < -0.4 is 16.0 Å². The predicted octanol–water partition coefficient (Wildman–Crippen LogP) is 0.883. The third-order valence-corrected chi connectivity index (χ3v) is 3.56. The molecule has 1 aromatic heterocycles. The molecule has 1 heterocycles. The van der Waals surface area contributed by atoms with E-state index >= 15 is 0 Å². The SMILES string of the molecule is CNC(C)CNC(=O)c1nccnc1C(=O)NCc1ccc(F)cc1. The summed E-state index contributed by atoms with van der Waals surface area (Å²) in [7, 11) is 1.79. The van der Waals surface area contributed by atoms with Crippen LogP contribution in [0.15, 0.2) is 36.7 Å². The molecule has 3 N–H and O–H groups in total. The van der Waals surface area contributed by atoms with E-state index in [1.54, 1.807) is 19.2 Å². The molecule has 8 heteroatoms. The molecule has 2 rings (SSSR count). The van der Waals surface area contributed by atoms with Gasteiger partial charge in [-0.05, 0) is 31.7 Å². The second kappa shape index (κ2) is 8.84. The van der Waals surface area contributed by atoms with Crippen LogP contribution >= 0.6 is 0 Å². The molecule has 2 amide bonds. The van der Waals surface area contributed by atoms with E-state index in [9.17, 15) is 14.0 Å². The highest BCUT2D eigenvalue weighted by atomic mass is 19.1. The Kier molecular flexibility index (Phi) is 6.53. The van der Waals surface area contributed by atoms with Crippen LogP contribution in [0.3, 0.4) is 0 Å². The Morgan fingerprint density at radius 1 is 1.04 bits per heavy atom. The minimum atomic E-state index is -0.524. The maximum Gasteiger partial charge on any atom is 0.272 e. The lowest BCUT2D eigenvalue weighted by Gasteiger charge is -2.12. The van der Waals surface area contributed by atoms with Gasteiger partial charge in [-0.2, -0.15) is 0 Å². The van der Waals surface area contributed by atoms with Gasteiger partial charge in [-0.25, -0.2) is 14.4 Å². The first-order valence-electron chi connectivity index (χ1n) is 7.80. The lowest BCUT2D eigenvalue weighted by molar-refractivity contribution is 0.0908. The van der Waals surface area contributed by atoms with Crippen molar-refractivity contribution in [1.29, 1.82) is 0 Å². The number of halogens is 1. The average molecular weight is 345 g/mol. The van der Waals surface area contributed by atoms with E-state index in [4.69, 9.17) is 0 Å². The highest BCUT2D eigenvalue weighted by Gasteiger charge is 2.20. The van der Waals surface area contributed by atoms with Crippen LogP contribution in [0.25, 0.3) is 0 Å². The fourth-order valence-electron chi connectivity index (χ4n) is 1.97. The van der Waals surface area contributed by atoms with Crippen LogP contribution in [0.1, 0.15) is 33.5 Å². The number of rotatable bonds is 7. The molecule has 132 valence electrons. The highest BCUT2D eigenvalue weighted by molar-refractivity contribution is 6.04. The molecule has 0 spiro atoms. The molecule has 0 aliphatic carbocycles. The van der Waals surface area contributed by atoms with Crippen molar-refractivity contribution in [1.82, 2.24) is 25.9 Å². The van der Waals surface area contributed by atoms with E-state index in [0.29, 0.717) is 6.54 Å². The molecule has 0 aliphatic rings. The number of amides is 2. The molecule has 0 saturated heterocycles. The van der Waals surface area contributed by atoms with Crippen LogP contribution in [0, 0.1) is 5.82 Å². The van der Waals surface area contributed by atoms with E-state index in [0.717, 1.165) is 5.56 Å². The van der Waals surface area contributed by atoms with Gasteiger partial charge in [0.15, 0.2) is 11.4 Å². The van der Waals surface area contributed by atoms with Crippen molar-refractivity contribution in [3.8, 4) is 0 Å². The summed E-state index contributed by atoms with van der Waals surface area (Å²) in [5, 5.41) is 8.34. The quantitative estimate of drug-likeness (QED) is 0.692. The largest absolute Gasteiger partial charge is 0.349 e. The minimum Gasteiger partial charge on any atom is -0.349 e. The number of carbonyl (C=O) groups excluding carboxylic acids is 2. The Labute approximate surface area is 145 Å². The summed E-state index contributed by atoms with van der Waals surface area (Å²) in [4.78, 5) is 32.5. The first-order valence-corrected chi connectivity index (χ1v) is 7.80. The number of nitrogens with one attached hydrogen (secondary N) is 3. The molecule has 0 aliphatic heterocycles. The molecular formula is C17H20FN5O2. The van der Waals surface area contributed by atoms with Crippen LogP contribution in [0.2, 0.25) is 0 Å². The average Bonchev–Trinajstić information content (AvgIpc) is 2.65. The van der Waals surface area contributed by atoms with Gasteiger partial charge >= 0.3 is 0 Å². The number of carbonyl (C=O) groups is 2. The monoisotopic (exact) mass is 345 g/mol. The number of benzene rings is 1. The van der Waals surface area contributed by atoms with Crippen molar-refractivity contribution < 1.29 is 14.0 Å². The Morgan fingerprint density at radius 3 is 2.16 bits per heavy atom. The molecule has 1 atom stereocenters. The van der Waals surface area contributed by atoms with Crippen molar-refractivity contribution in [2.75, 3.05) is 13.6 Å². The molecule has 0 saturated carbocycles. The topological polar surface area (TPSA) is 96.0 Å². The van der Waals surface area contributed by atoms with Crippen molar-refractivity contribution in [3.63, 3.8) is 0 Å². The zero-order valence-electron chi connectivity index (χ0n) is 14.0. The molecule has 0 bridgehead atoms. The summed E-state index contributed by atoms with van der Waals surface area (Å²) in [6.45, 7) is 2.49. The number of hydrogen-bond donors (Lipinski definition) is 3. The van der Waals surface area contributed by atoms with Crippen LogP contribution in [-0.2, 0) is 6.54 Å².